The lowest BCUT2D eigenvalue weighted by Crippen LogP contribution is -2.68. The Morgan fingerprint density at radius 2 is 1.87 bits per heavy atom. The number of carbonyl (C=O) groups is 3. The van der Waals surface area contributed by atoms with Gasteiger partial charge in [-0.2, -0.15) is 4.98 Å². The molecule has 1 aromatic carbocycles. The molecule has 6 unspecified atom stereocenters. The number of hydrogen-bond acceptors (Lipinski definition) is 12. The molecule has 1 aromatic heterocycles. The van der Waals surface area contributed by atoms with Crippen molar-refractivity contribution in [3.8, 4) is 0 Å². The van der Waals surface area contributed by atoms with Crippen molar-refractivity contribution in [3.63, 3.8) is 0 Å². The number of aliphatic hydroxyl groups excluding tert-OH is 2. The van der Waals surface area contributed by atoms with Gasteiger partial charge in [0.05, 0.1) is 6.04 Å². The number of aryl methyl sites for hydroxylation is 2. The van der Waals surface area contributed by atoms with Gasteiger partial charge >= 0.3 is 5.69 Å². The van der Waals surface area contributed by atoms with Crippen LogP contribution in [0.2, 0.25) is 0 Å². The van der Waals surface area contributed by atoms with Crippen LogP contribution in [0.15, 0.2) is 35.3 Å². The minimum Gasteiger partial charge on any atom is -0.388 e. The molecular weight excluding hydrogens is 610 g/mol. The fourth-order valence-electron chi connectivity index (χ4n) is 5.16. The van der Waals surface area contributed by atoms with Crippen molar-refractivity contribution in [2.75, 3.05) is 51.6 Å². The van der Waals surface area contributed by atoms with Crippen LogP contribution in [0.4, 0.5) is 5.82 Å². The fourth-order valence-corrected chi connectivity index (χ4v) is 5.16. The highest BCUT2D eigenvalue weighted by Crippen LogP contribution is 2.29. The molecule has 0 spiro atoms. The number of ether oxygens (including phenoxy) is 1. The summed E-state index contributed by atoms with van der Waals surface area (Å²) in [6, 6.07) is 5.12. The third kappa shape index (κ3) is 10.0. The Bertz CT molecular complexity index is 1380. The lowest BCUT2D eigenvalue weighted by Gasteiger charge is -2.44. The standard InChI is InChI=1S/C28H40N8O7.C3H9N/c1-16-3-4-18(13-17(16)2)14-31-20-6-10-36(28(42)33-20)27-23(39)22(38)21(34-25(40)19(5-7-29)32-15-37)24(43-27)26(41)35-11-8-30-9-12-35;1-3-4-2/h3-4,6,10,13,15,19,21-24,27,30,38-39H,5,7-9,11-12,14,29H2,1-2H3,(H,32,37)(H,34,40)(H,31,33,42);4H,3H2,1-2H3. The summed E-state index contributed by atoms with van der Waals surface area (Å²) >= 11 is 0. The Morgan fingerprint density at radius 3 is 2.47 bits per heavy atom. The predicted molar refractivity (Wildman–Crippen MR) is 175 cm³/mol. The van der Waals surface area contributed by atoms with Crippen molar-refractivity contribution < 1.29 is 29.3 Å². The first kappa shape index (κ1) is 37.5. The van der Waals surface area contributed by atoms with E-state index in [4.69, 9.17) is 10.5 Å². The normalized spacial score (nSPS) is 23.1. The van der Waals surface area contributed by atoms with E-state index in [2.05, 4.69) is 38.5 Å². The molecule has 4 rings (SSSR count). The molecule has 2 fully saturated rings. The number of amides is 3. The molecule has 2 saturated heterocycles. The molecule has 2 aromatic rings. The second-order valence-electron chi connectivity index (χ2n) is 11.4. The highest BCUT2D eigenvalue weighted by atomic mass is 16.5. The van der Waals surface area contributed by atoms with Gasteiger partial charge in [-0.1, -0.05) is 25.1 Å². The van der Waals surface area contributed by atoms with Gasteiger partial charge in [-0.25, -0.2) is 4.79 Å². The lowest BCUT2D eigenvalue weighted by atomic mass is 9.93. The van der Waals surface area contributed by atoms with Crippen LogP contribution >= 0.6 is 0 Å². The summed E-state index contributed by atoms with van der Waals surface area (Å²) in [7, 11) is 1.93. The minimum absolute atomic E-state index is 0.0852. The molecule has 3 amide bonds. The maximum atomic E-state index is 13.6. The molecule has 0 aliphatic carbocycles. The molecule has 260 valence electrons. The topological polar surface area (TPSA) is 225 Å². The summed E-state index contributed by atoms with van der Waals surface area (Å²) in [6.07, 6.45) is -4.59. The van der Waals surface area contributed by atoms with E-state index in [-0.39, 0.29) is 18.8 Å². The van der Waals surface area contributed by atoms with Crippen molar-refractivity contribution in [1.82, 2.24) is 35.7 Å². The van der Waals surface area contributed by atoms with Gasteiger partial charge in [0, 0.05) is 38.9 Å². The molecule has 0 saturated carbocycles. The zero-order valence-electron chi connectivity index (χ0n) is 27.4. The van der Waals surface area contributed by atoms with Crippen LogP contribution in [0.5, 0.6) is 0 Å². The highest BCUT2D eigenvalue weighted by molar-refractivity contribution is 5.86. The average molecular weight is 660 g/mol. The summed E-state index contributed by atoms with van der Waals surface area (Å²) in [5.41, 5.74) is 8.09. The number of aliphatic hydroxyl groups is 2. The van der Waals surface area contributed by atoms with E-state index in [1.807, 2.05) is 39.1 Å². The van der Waals surface area contributed by atoms with Crippen molar-refractivity contribution in [1.29, 1.82) is 0 Å². The zero-order chi connectivity index (χ0) is 34.5. The van der Waals surface area contributed by atoms with E-state index in [0.29, 0.717) is 39.1 Å². The monoisotopic (exact) mass is 659 g/mol. The Balaban J connectivity index is 0.00000142. The molecule has 2 aliphatic heterocycles. The highest BCUT2D eigenvalue weighted by Gasteiger charge is 2.50. The number of rotatable bonds is 12. The van der Waals surface area contributed by atoms with Gasteiger partial charge in [0.1, 0.15) is 24.1 Å². The van der Waals surface area contributed by atoms with Crippen molar-refractivity contribution in [2.24, 2.45) is 5.73 Å². The van der Waals surface area contributed by atoms with Gasteiger partial charge in [-0.15, -0.1) is 0 Å². The SMILES string of the molecule is CCNC.Cc1ccc(CNc2ccn(C3OC(C(=O)N4CCNCC4)C(NC(=O)C(CCN)NC=O)C(O)C3O)c(=O)n2)cc1C. The van der Waals surface area contributed by atoms with Crippen molar-refractivity contribution in [3.05, 3.63) is 57.6 Å². The zero-order valence-corrected chi connectivity index (χ0v) is 27.4. The van der Waals surface area contributed by atoms with Crippen LogP contribution in [0.25, 0.3) is 0 Å². The minimum atomic E-state index is -1.72. The smallest absolute Gasteiger partial charge is 0.351 e. The first-order valence-corrected chi connectivity index (χ1v) is 15.8. The van der Waals surface area contributed by atoms with Crippen LogP contribution in [-0.2, 0) is 25.7 Å². The third-order valence-corrected chi connectivity index (χ3v) is 8.15. The Morgan fingerprint density at radius 1 is 1.17 bits per heavy atom. The molecule has 0 radical (unpaired) electrons. The molecule has 0 bridgehead atoms. The van der Waals surface area contributed by atoms with Gasteiger partial charge in [-0.3, -0.25) is 19.0 Å². The number of carbonyl (C=O) groups excluding carboxylic acids is 3. The number of piperazine rings is 1. The van der Waals surface area contributed by atoms with Crippen LogP contribution in [0, 0.1) is 13.8 Å². The molecule has 2 aliphatic rings. The largest absolute Gasteiger partial charge is 0.388 e. The maximum absolute atomic E-state index is 13.6. The molecule has 47 heavy (non-hydrogen) atoms. The molecule has 9 N–H and O–H groups in total. The Kier molecular flexibility index (Phi) is 14.7. The second-order valence-corrected chi connectivity index (χ2v) is 11.4. The van der Waals surface area contributed by atoms with Crippen LogP contribution < -0.4 is 38.0 Å². The first-order valence-electron chi connectivity index (χ1n) is 15.8. The van der Waals surface area contributed by atoms with Crippen LogP contribution in [0.1, 0.15) is 36.3 Å². The maximum Gasteiger partial charge on any atom is 0.351 e. The number of anilines is 1. The molecule has 3 heterocycles. The average Bonchev–Trinajstić information content (AvgIpc) is 3.08. The summed E-state index contributed by atoms with van der Waals surface area (Å²) < 4.78 is 7.01. The molecular formula is C31H49N9O7. The van der Waals surface area contributed by atoms with E-state index < -0.39 is 54.1 Å². The number of aromatic nitrogens is 2. The number of hydrogen-bond donors (Lipinski definition) is 8. The van der Waals surface area contributed by atoms with E-state index in [1.54, 1.807) is 0 Å². The predicted octanol–water partition coefficient (Wildman–Crippen LogP) is -2.30. The summed E-state index contributed by atoms with van der Waals surface area (Å²) in [5, 5.41) is 36.3. The van der Waals surface area contributed by atoms with E-state index in [1.165, 1.54) is 22.7 Å². The molecule has 16 nitrogen and oxygen atoms in total. The van der Waals surface area contributed by atoms with Crippen molar-refractivity contribution in [2.45, 2.75) is 70.4 Å². The number of nitrogens with one attached hydrogen (secondary N) is 5. The van der Waals surface area contributed by atoms with Gasteiger partial charge in [0.15, 0.2) is 12.3 Å². The first-order chi connectivity index (χ1) is 22.6. The molecule has 16 heteroatoms. The van der Waals surface area contributed by atoms with Gasteiger partial charge in [0.25, 0.3) is 5.91 Å². The van der Waals surface area contributed by atoms with Crippen LogP contribution in [0.3, 0.4) is 0 Å². The van der Waals surface area contributed by atoms with E-state index in [9.17, 15) is 29.4 Å². The van der Waals surface area contributed by atoms with Gasteiger partial charge in [-0.05, 0) is 63.2 Å². The quantitative estimate of drug-likeness (QED) is 0.113. The van der Waals surface area contributed by atoms with E-state index >= 15 is 0 Å². The lowest BCUT2D eigenvalue weighted by molar-refractivity contribution is -0.218. The Labute approximate surface area is 274 Å². The van der Waals surface area contributed by atoms with E-state index in [0.717, 1.165) is 22.2 Å². The molecule has 6 atom stereocenters. The fraction of sp³-hybridized carbons (Fsp3) is 0.581. The number of benzene rings is 1. The van der Waals surface area contributed by atoms with Gasteiger partial charge in [0.2, 0.25) is 12.3 Å². The summed E-state index contributed by atoms with van der Waals surface area (Å²) in [4.78, 5) is 56.3. The number of nitrogens with two attached hydrogens (primary N) is 1. The second kappa shape index (κ2) is 18.4. The van der Waals surface area contributed by atoms with Crippen molar-refractivity contribution >= 4 is 24.0 Å². The van der Waals surface area contributed by atoms with Crippen LogP contribution in [-0.4, -0.2) is 120 Å². The van der Waals surface area contributed by atoms with Gasteiger partial charge < -0.3 is 52.2 Å². The Hall–Kier alpha value is -3.93. The summed E-state index contributed by atoms with van der Waals surface area (Å²) in [5.74, 6) is -0.960. The third-order valence-electron chi connectivity index (χ3n) is 8.15. The number of nitrogens with zero attached hydrogens (tertiary/aromatic N) is 3. The summed E-state index contributed by atoms with van der Waals surface area (Å²) in [6.45, 7) is 9.46.